The fraction of sp³-hybridized carbons (Fsp3) is 0.357. The van der Waals surface area contributed by atoms with Crippen LogP contribution in [-0.2, 0) is 11.2 Å². The Balaban J connectivity index is 2.95. The summed E-state index contributed by atoms with van der Waals surface area (Å²) in [6.07, 6.45) is 0.114. The van der Waals surface area contributed by atoms with Crippen LogP contribution < -0.4 is 5.32 Å². The Bertz CT molecular complexity index is 518. The number of nitrogens with zero attached hydrogens (tertiary/aromatic N) is 1. The van der Waals surface area contributed by atoms with Crippen molar-refractivity contribution < 1.29 is 14.7 Å². The second-order valence-electron chi connectivity index (χ2n) is 4.53. The summed E-state index contributed by atoms with van der Waals surface area (Å²) >= 11 is 0. The van der Waals surface area contributed by atoms with E-state index in [1.165, 1.54) is 0 Å². The van der Waals surface area contributed by atoms with E-state index in [1.54, 1.807) is 38.1 Å². The molecule has 0 fully saturated rings. The van der Waals surface area contributed by atoms with E-state index in [0.29, 0.717) is 11.1 Å². The molecule has 0 spiro atoms. The fourth-order valence-electron chi connectivity index (χ4n) is 1.71. The molecule has 0 aliphatic heterocycles. The van der Waals surface area contributed by atoms with Crippen LogP contribution in [0.4, 0.5) is 0 Å². The number of carboxylic acid groups (broad SMARTS) is 1. The lowest BCUT2D eigenvalue weighted by Crippen LogP contribution is -2.44. The molecule has 1 unspecified atom stereocenters. The molecule has 100 valence electrons. The fourth-order valence-corrected chi connectivity index (χ4v) is 1.71. The van der Waals surface area contributed by atoms with Gasteiger partial charge in [-0.1, -0.05) is 32.0 Å². The Hall–Kier alpha value is -2.35. The van der Waals surface area contributed by atoms with Gasteiger partial charge in [-0.2, -0.15) is 5.26 Å². The van der Waals surface area contributed by atoms with Crippen molar-refractivity contribution >= 4 is 11.9 Å². The maximum Gasteiger partial charge on any atom is 0.326 e. The van der Waals surface area contributed by atoms with Crippen LogP contribution in [0.25, 0.3) is 0 Å². The van der Waals surface area contributed by atoms with Crippen molar-refractivity contribution in [3.63, 3.8) is 0 Å². The minimum atomic E-state index is -1.07. The molecule has 1 rings (SSSR count). The van der Waals surface area contributed by atoms with Gasteiger partial charge in [-0.3, -0.25) is 4.79 Å². The maximum absolute atomic E-state index is 12.1. The molecule has 5 nitrogen and oxygen atoms in total. The van der Waals surface area contributed by atoms with Crippen LogP contribution in [0.15, 0.2) is 24.3 Å². The van der Waals surface area contributed by atoms with Crippen molar-refractivity contribution in [2.75, 3.05) is 0 Å². The topological polar surface area (TPSA) is 90.2 Å². The van der Waals surface area contributed by atoms with Crippen molar-refractivity contribution in [1.29, 1.82) is 5.26 Å². The number of nitriles is 1. The van der Waals surface area contributed by atoms with Gasteiger partial charge in [0.25, 0.3) is 5.91 Å². The Morgan fingerprint density at radius 3 is 2.53 bits per heavy atom. The van der Waals surface area contributed by atoms with Crippen LogP contribution in [0.2, 0.25) is 0 Å². The first-order valence-corrected chi connectivity index (χ1v) is 5.96. The Morgan fingerprint density at radius 2 is 2.00 bits per heavy atom. The number of aliphatic carboxylic acids is 1. The van der Waals surface area contributed by atoms with Gasteiger partial charge in [0.1, 0.15) is 6.04 Å². The molecule has 0 heterocycles. The lowest BCUT2D eigenvalue weighted by molar-refractivity contribution is -0.140. The number of rotatable bonds is 5. The molecular formula is C14H16N2O3. The van der Waals surface area contributed by atoms with Crippen LogP contribution >= 0.6 is 0 Å². The van der Waals surface area contributed by atoms with Gasteiger partial charge in [0, 0.05) is 5.56 Å². The van der Waals surface area contributed by atoms with Crippen molar-refractivity contribution in [1.82, 2.24) is 5.32 Å². The largest absolute Gasteiger partial charge is 0.480 e. The molecule has 0 radical (unpaired) electrons. The van der Waals surface area contributed by atoms with Crippen LogP contribution in [-0.4, -0.2) is 23.0 Å². The summed E-state index contributed by atoms with van der Waals surface area (Å²) in [5.74, 6) is -1.75. The molecule has 0 aromatic heterocycles. The molecule has 0 aliphatic carbocycles. The van der Waals surface area contributed by atoms with Gasteiger partial charge < -0.3 is 10.4 Å². The molecule has 0 saturated heterocycles. The summed E-state index contributed by atoms with van der Waals surface area (Å²) in [5.41, 5.74) is 0.936. The first-order valence-electron chi connectivity index (χ1n) is 5.96. The van der Waals surface area contributed by atoms with Crippen molar-refractivity contribution in [3.8, 4) is 6.07 Å². The molecule has 0 bridgehead atoms. The minimum absolute atomic E-state index is 0.114. The average molecular weight is 260 g/mol. The maximum atomic E-state index is 12.1. The number of amides is 1. The third kappa shape index (κ3) is 3.81. The number of carboxylic acids is 1. The Morgan fingerprint density at radius 1 is 1.37 bits per heavy atom. The summed E-state index contributed by atoms with van der Waals surface area (Å²) in [6, 6.07) is 7.73. The molecule has 1 aromatic carbocycles. The lowest BCUT2D eigenvalue weighted by Gasteiger charge is -2.18. The number of carbonyl (C=O) groups is 2. The molecule has 5 heteroatoms. The van der Waals surface area contributed by atoms with E-state index in [1.807, 2.05) is 6.07 Å². The molecule has 0 aliphatic rings. The van der Waals surface area contributed by atoms with Gasteiger partial charge in [-0.25, -0.2) is 4.79 Å². The van der Waals surface area contributed by atoms with Crippen molar-refractivity contribution in [2.45, 2.75) is 26.3 Å². The highest BCUT2D eigenvalue weighted by Crippen LogP contribution is 2.11. The van der Waals surface area contributed by atoms with Crippen LogP contribution in [0.5, 0.6) is 0 Å². The van der Waals surface area contributed by atoms with Gasteiger partial charge in [-0.05, 0) is 17.5 Å². The highest BCUT2D eigenvalue weighted by atomic mass is 16.4. The number of hydrogen-bond acceptors (Lipinski definition) is 3. The molecule has 19 heavy (non-hydrogen) atoms. The second-order valence-corrected chi connectivity index (χ2v) is 4.53. The summed E-state index contributed by atoms with van der Waals surface area (Å²) < 4.78 is 0. The Labute approximate surface area is 111 Å². The summed E-state index contributed by atoms with van der Waals surface area (Å²) in [7, 11) is 0. The number of carbonyl (C=O) groups excluding carboxylic acids is 1. The quantitative estimate of drug-likeness (QED) is 0.841. The van der Waals surface area contributed by atoms with Crippen LogP contribution in [0, 0.1) is 17.2 Å². The van der Waals surface area contributed by atoms with Gasteiger partial charge in [0.05, 0.1) is 12.5 Å². The van der Waals surface area contributed by atoms with E-state index >= 15 is 0 Å². The number of nitrogens with one attached hydrogen (secondary N) is 1. The van der Waals surface area contributed by atoms with Crippen LogP contribution in [0.3, 0.4) is 0 Å². The average Bonchev–Trinajstić information content (AvgIpc) is 2.36. The van der Waals surface area contributed by atoms with Gasteiger partial charge >= 0.3 is 5.97 Å². The van der Waals surface area contributed by atoms with Gasteiger partial charge in [-0.15, -0.1) is 0 Å². The van der Waals surface area contributed by atoms with Crippen molar-refractivity contribution in [2.24, 2.45) is 5.92 Å². The SMILES string of the molecule is CC(C)C(NC(=O)c1ccccc1CC#N)C(=O)O. The van der Waals surface area contributed by atoms with Gasteiger partial charge in [0.15, 0.2) is 0 Å². The van der Waals surface area contributed by atoms with E-state index in [9.17, 15) is 9.59 Å². The van der Waals surface area contributed by atoms with E-state index in [-0.39, 0.29) is 12.3 Å². The Kier molecular flexibility index (Phi) is 5.07. The third-order valence-corrected chi connectivity index (χ3v) is 2.75. The molecule has 1 aromatic rings. The molecule has 1 atom stereocenters. The molecular weight excluding hydrogens is 244 g/mol. The second kappa shape index (κ2) is 6.55. The first-order chi connectivity index (χ1) is 8.97. The van der Waals surface area contributed by atoms with E-state index in [0.717, 1.165) is 0 Å². The van der Waals surface area contributed by atoms with E-state index < -0.39 is 17.9 Å². The smallest absolute Gasteiger partial charge is 0.326 e. The zero-order chi connectivity index (χ0) is 14.4. The molecule has 2 N–H and O–H groups in total. The minimum Gasteiger partial charge on any atom is -0.480 e. The van der Waals surface area contributed by atoms with E-state index in [2.05, 4.69) is 5.32 Å². The van der Waals surface area contributed by atoms with Crippen LogP contribution in [0.1, 0.15) is 29.8 Å². The molecule has 0 saturated carbocycles. The monoisotopic (exact) mass is 260 g/mol. The predicted molar refractivity (Wildman–Crippen MR) is 69.5 cm³/mol. The third-order valence-electron chi connectivity index (χ3n) is 2.75. The van der Waals surface area contributed by atoms with Gasteiger partial charge in [0.2, 0.25) is 0 Å². The standard InChI is InChI=1S/C14H16N2O3/c1-9(2)12(14(18)19)16-13(17)11-6-4-3-5-10(11)7-8-15/h3-6,9,12H,7H2,1-2H3,(H,16,17)(H,18,19). The first kappa shape index (κ1) is 14.7. The lowest BCUT2D eigenvalue weighted by atomic mass is 10.0. The predicted octanol–water partition coefficient (Wildman–Crippen LogP) is 1.59. The zero-order valence-corrected chi connectivity index (χ0v) is 10.9. The normalized spacial score (nSPS) is 11.7. The number of hydrogen-bond donors (Lipinski definition) is 2. The van der Waals surface area contributed by atoms with Crippen molar-refractivity contribution in [3.05, 3.63) is 35.4 Å². The summed E-state index contributed by atoms with van der Waals surface area (Å²) in [4.78, 5) is 23.1. The zero-order valence-electron chi connectivity index (χ0n) is 10.9. The summed E-state index contributed by atoms with van der Waals surface area (Å²) in [5, 5.41) is 20.2. The highest BCUT2D eigenvalue weighted by molar-refractivity contribution is 5.98. The molecule has 1 amide bonds. The van der Waals surface area contributed by atoms with E-state index in [4.69, 9.17) is 10.4 Å². The number of benzene rings is 1. The summed E-state index contributed by atoms with van der Waals surface area (Å²) in [6.45, 7) is 3.44. The highest BCUT2D eigenvalue weighted by Gasteiger charge is 2.24.